The molecule has 0 atom stereocenters. The van der Waals surface area contributed by atoms with Crippen molar-refractivity contribution in [1.82, 2.24) is 15.8 Å². The Hall–Kier alpha value is -2.62. The van der Waals surface area contributed by atoms with Crippen LogP contribution < -0.4 is 10.9 Å². The lowest BCUT2D eigenvalue weighted by atomic mass is 10.0. The molecule has 3 rings (SSSR count). The second kappa shape index (κ2) is 4.33. The number of hydrogen-bond donors (Lipinski definition) is 2. The van der Waals surface area contributed by atoms with Gasteiger partial charge in [-0.15, -0.1) is 0 Å². The summed E-state index contributed by atoms with van der Waals surface area (Å²) < 4.78 is 0. The number of aromatic nitrogens is 1. The van der Waals surface area contributed by atoms with Crippen LogP contribution in [0.15, 0.2) is 48.8 Å². The molecule has 2 aromatic rings. The predicted molar refractivity (Wildman–Crippen MR) is 69.2 cm³/mol. The van der Waals surface area contributed by atoms with Crippen LogP contribution in [-0.2, 0) is 0 Å². The topological polar surface area (TPSA) is 54.0 Å². The number of nitrogens with zero attached hydrogens (tertiary/aromatic N) is 1. The zero-order valence-electron chi connectivity index (χ0n) is 9.55. The third-order valence-electron chi connectivity index (χ3n) is 2.77. The van der Waals surface area contributed by atoms with Gasteiger partial charge >= 0.3 is 0 Å². The summed E-state index contributed by atoms with van der Waals surface area (Å²) >= 11 is 0. The fourth-order valence-corrected chi connectivity index (χ4v) is 1.92. The highest BCUT2D eigenvalue weighted by atomic mass is 16.2. The molecular formula is C14H11N3O. The van der Waals surface area contributed by atoms with Gasteiger partial charge in [0.1, 0.15) is 0 Å². The number of benzene rings is 1. The summed E-state index contributed by atoms with van der Waals surface area (Å²) in [5, 5.41) is 0. The molecule has 0 unspecified atom stereocenters. The number of hydrogen-bond acceptors (Lipinski definition) is 3. The first-order chi connectivity index (χ1) is 8.84. The van der Waals surface area contributed by atoms with E-state index < -0.39 is 0 Å². The monoisotopic (exact) mass is 237 g/mol. The molecule has 4 heteroatoms. The molecule has 0 bridgehead atoms. The van der Waals surface area contributed by atoms with Gasteiger partial charge < -0.3 is 0 Å². The summed E-state index contributed by atoms with van der Waals surface area (Å²) in [5.41, 5.74) is 8.94. The Bertz CT molecular complexity index is 620. The minimum atomic E-state index is -0.117. The fourth-order valence-electron chi connectivity index (χ4n) is 1.92. The molecular weight excluding hydrogens is 226 g/mol. The highest BCUT2D eigenvalue weighted by molar-refractivity contribution is 6.03. The van der Waals surface area contributed by atoms with Crippen molar-refractivity contribution in [3.8, 4) is 0 Å². The lowest BCUT2D eigenvalue weighted by molar-refractivity contribution is 0.0937. The van der Waals surface area contributed by atoms with Crippen LogP contribution in [0, 0.1) is 0 Å². The van der Waals surface area contributed by atoms with Gasteiger partial charge in [-0.1, -0.05) is 24.3 Å². The molecule has 1 aromatic carbocycles. The van der Waals surface area contributed by atoms with E-state index in [1.807, 2.05) is 42.5 Å². The number of pyridine rings is 1. The van der Waals surface area contributed by atoms with Crippen molar-refractivity contribution in [3.63, 3.8) is 0 Å². The lowest BCUT2D eigenvalue weighted by Gasteiger charge is -2.21. The van der Waals surface area contributed by atoms with Gasteiger partial charge in [-0.25, -0.2) is 0 Å². The quantitative estimate of drug-likeness (QED) is 0.795. The molecule has 0 saturated heterocycles. The zero-order chi connectivity index (χ0) is 12.4. The van der Waals surface area contributed by atoms with Crippen molar-refractivity contribution in [2.45, 2.75) is 0 Å². The summed E-state index contributed by atoms with van der Waals surface area (Å²) in [4.78, 5) is 15.7. The van der Waals surface area contributed by atoms with E-state index >= 15 is 0 Å². The van der Waals surface area contributed by atoms with Crippen LogP contribution in [0.2, 0.25) is 0 Å². The molecule has 4 nitrogen and oxygen atoms in total. The van der Waals surface area contributed by atoms with E-state index in [2.05, 4.69) is 15.8 Å². The largest absolute Gasteiger partial charge is 0.298 e. The molecule has 0 spiro atoms. The average Bonchev–Trinajstić information content (AvgIpc) is 2.44. The van der Waals surface area contributed by atoms with E-state index in [0.717, 1.165) is 16.8 Å². The minimum absolute atomic E-state index is 0.117. The van der Waals surface area contributed by atoms with Crippen LogP contribution in [-0.4, -0.2) is 10.9 Å². The molecule has 1 aromatic heterocycles. The summed E-state index contributed by atoms with van der Waals surface area (Å²) in [5.74, 6) is -0.117. The normalized spacial score (nSPS) is 15.8. The zero-order valence-corrected chi connectivity index (χ0v) is 9.55. The minimum Gasteiger partial charge on any atom is -0.298 e. The molecule has 0 aliphatic carbocycles. The second-order valence-corrected chi connectivity index (χ2v) is 3.97. The maximum absolute atomic E-state index is 11.7. The first-order valence-electron chi connectivity index (χ1n) is 5.62. The van der Waals surface area contributed by atoms with E-state index in [9.17, 15) is 4.79 Å². The van der Waals surface area contributed by atoms with Crippen molar-refractivity contribution >= 4 is 17.7 Å². The Balaban J connectivity index is 2.08. The first-order valence-corrected chi connectivity index (χ1v) is 5.62. The van der Waals surface area contributed by atoms with Crippen molar-refractivity contribution in [1.29, 1.82) is 0 Å². The predicted octanol–water partition coefficient (Wildman–Crippen LogP) is 1.83. The van der Waals surface area contributed by atoms with E-state index in [4.69, 9.17) is 0 Å². The van der Waals surface area contributed by atoms with E-state index in [-0.39, 0.29) is 5.91 Å². The number of carbonyl (C=O) groups excluding carboxylic acids is 1. The maximum atomic E-state index is 11.7. The van der Waals surface area contributed by atoms with Gasteiger partial charge in [0.25, 0.3) is 5.91 Å². The summed E-state index contributed by atoms with van der Waals surface area (Å²) in [6.07, 6.45) is 5.45. The summed E-state index contributed by atoms with van der Waals surface area (Å²) in [6, 6.07) is 11.3. The molecule has 1 amide bonds. The smallest absolute Gasteiger partial charge is 0.270 e. The van der Waals surface area contributed by atoms with Crippen molar-refractivity contribution in [3.05, 3.63) is 65.5 Å². The van der Waals surface area contributed by atoms with Gasteiger partial charge in [0.05, 0.1) is 11.3 Å². The third-order valence-corrected chi connectivity index (χ3v) is 2.77. The molecule has 2 heterocycles. The standard InChI is InChI=1S/C14H11N3O/c18-14-12-6-2-1-5-11(12)13(16-17-14)8-10-4-3-7-15-9-10/h1-9,16H,(H,17,18). The van der Waals surface area contributed by atoms with Crippen molar-refractivity contribution in [2.75, 3.05) is 0 Å². The highest BCUT2D eigenvalue weighted by Gasteiger charge is 2.18. The number of hydrazine groups is 1. The Morgan fingerprint density at radius 3 is 2.61 bits per heavy atom. The number of carbonyl (C=O) groups is 1. The second-order valence-electron chi connectivity index (χ2n) is 3.97. The van der Waals surface area contributed by atoms with Crippen LogP contribution in [0.25, 0.3) is 11.8 Å². The first kappa shape index (κ1) is 10.5. The lowest BCUT2D eigenvalue weighted by Crippen LogP contribution is -2.40. The van der Waals surface area contributed by atoms with Gasteiger partial charge in [0.2, 0.25) is 0 Å². The van der Waals surface area contributed by atoms with Crippen LogP contribution in [0.1, 0.15) is 21.5 Å². The number of nitrogens with one attached hydrogen (secondary N) is 2. The highest BCUT2D eigenvalue weighted by Crippen LogP contribution is 2.21. The molecule has 1 aliphatic rings. The van der Waals surface area contributed by atoms with Gasteiger partial charge in [0.15, 0.2) is 0 Å². The van der Waals surface area contributed by atoms with Crippen LogP contribution in [0.3, 0.4) is 0 Å². The van der Waals surface area contributed by atoms with E-state index in [0.29, 0.717) is 5.56 Å². The SMILES string of the molecule is O=C1NNC(=Cc2cccnc2)c2ccccc21. The van der Waals surface area contributed by atoms with Gasteiger partial charge in [-0.05, 0) is 23.8 Å². The van der Waals surface area contributed by atoms with E-state index in [1.165, 1.54) is 0 Å². The van der Waals surface area contributed by atoms with Crippen molar-refractivity contribution in [2.24, 2.45) is 0 Å². The Morgan fingerprint density at radius 1 is 1.00 bits per heavy atom. The van der Waals surface area contributed by atoms with Crippen LogP contribution in [0.5, 0.6) is 0 Å². The molecule has 2 N–H and O–H groups in total. The van der Waals surface area contributed by atoms with Gasteiger partial charge in [-0.3, -0.25) is 20.6 Å². The number of rotatable bonds is 1. The molecule has 88 valence electrons. The van der Waals surface area contributed by atoms with Crippen LogP contribution in [0.4, 0.5) is 0 Å². The van der Waals surface area contributed by atoms with Crippen LogP contribution >= 0.6 is 0 Å². The number of fused-ring (bicyclic) bond motifs is 1. The summed E-state index contributed by atoms with van der Waals surface area (Å²) in [6.45, 7) is 0. The van der Waals surface area contributed by atoms with Gasteiger partial charge in [-0.2, -0.15) is 0 Å². The van der Waals surface area contributed by atoms with Crippen molar-refractivity contribution < 1.29 is 4.79 Å². The Kier molecular flexibility index (Phi) is 2.53. The average molecular weight is 237 g/mol. The Morgan fingerprint density at radius 2 is 1.83 bits per heavy atom. The molecule has 0 saturated carbocycles. The molecule has 0 fully saturated rings. The molecule has 1 aliphatic heterocycles. The Labute approximate surface area is 104 Å². The van der Waals surface area contributed by atoms with E-state index in [1.54, 1.807) is 12.4 Å². The van der Waals surface area contributed by atoms with Gasteiger partial charge in [0, 0.05) is 18.0 Å². The third kappa shape index (κ3) is 1.84. The molecule has 0 radical (unpaired) electrons. The molecule has 18 heavy (non-hydrogen) atoms. The summed E-state index contributed by atoms with van der Waals surface area (Å²) in [7, 11) is 0. The maximum Gasteiger partial charge on any atom is 0.270 e. The fraction of sp³-hybridized carbons (Fsp3) is 0. The number of amides is 1.